The molecule has 0 radical (unpaired) electrons. The smallest absolute Gasteiger partial charge is 0.107 e. The van der Waals surface area contributed by atoms with Gasteiger partial charge in [-0.2, -0.15) is 5.10 Å². The molecule has 4 heteroatoms. The third-order valence-corrected chi connectivity index (χ3v) is 3.82. The molecule has 1 fully saturated rings. The van der Waals surface area contributed by atoms with Crippen molar-refractivity contribution in [2.75, 3.05) is 13.1 Å². The van der Waals surface area contributed by atoms with Crippen LogP contribution in [0, 0.1) is 0 Å². The Hall–Kier alpha value is -0.350. The lowest BCUT2D eigenvalue weighted by atomic mass is 10.1. The molecule has 84 valence electrons. The third-order valence-electron chi connectivity index (χ3n) is 3.00. The van der Waals surface area contributed by atoms with Crippen LogP contribution in [0.3, 0.4) is 0 Å². The monoisotopic (exact) mass is 271 g/mol. The first kappa shape index (κ1) is 11.1. The molecule has 0 aromatic carbocycles. The molecule has 3 nitrogen and oxygen atoms in total. The Morgan fingerprint density at radius 2 is 2.40 bits per heavy atom. The van der Waals surface area contributed by atoms with Crippen molar-refractivity contribution in [3.63, 3.8) is 0 Å². The fourth-order valence-corrected chi connectivity index (χ4v) is 2.99. The van der Waals surface area contributed by atoms with Gasteiger partial charge >= 0.3 is 0 Å². The van der Waals surface area contributed by atoms with Crippen LogP contribution in [-0.2, 0) is 0 Å². The normalized spacial score (nSPS) is 22.3. The van der Waals surface area contributed by atoms with Crippen LogP contribution in [0.4, 0.5) is 0 Å². The second-order valence-electron chi connectivity index (χ2n) is 4.49. The van der Waals surface area contributed by atoms with Crippen molar-refractivity contribution in [2.24, 2.45) is 0 Å². The van der Waals surface area contributed by atoms with E-state index in [-0.39, 0.29) is 0 Å². The van der Waals surface area contributed by atoms with Gasteiger partial charge in [0, 0.05) is 12.1 Å². The van der Waals surface area contributed by atoms with Crippen LogP contribution >= 0.6 is 15.9 Å². The van der Waals surface area contributed by atoms with E-state index in [9.17, 15) is 0 Å². The van der Waals surface area contributed by atoms with Crippen molar-refractivity contribution in [1.82, 2.24) is 15.1 Å². The Bertz CT molecular complexity index is 327. The standard InChI is InChI=1S/C11H18BrN3/c1-8(2)10-7-14-15(11(10)12)9-4-3-5-13-6-9/h7-9,13H,3-6H2,1-2H3. The molecule has 2 heterocycles. The predicted molar refractivity (Wildman–Crippen MR) is 65.2 cm³/mol. The summed E-state index contributed by atoms with van der Waals surface area (Å²) in [5.41, 5.74) is 1.31. The van der Waals surface area contributed by atoms with Crippen LogP contribution < -0.4 is 5.32 Å². The molecule has 15 heavy (non-hydrogen) atoms. The number of nitrogens with zero attached hydrogens (tertiary/aromatic N) is 2. The third kappa shape index (κ3) is 2.26. The molecule has 1 aliphatic heterocycles. The first-order valence-corrected chi connectivity index (χ1v) is 6.43. The minimum atomic E-state index is 0.514. The quantitative estimate of drug-likeness (QED) is 0.897. The van der Waals surface area contributed by atoms with Gasteiger partial charge in [0.25, 0.3) is 0 Å². The number of rotatable bonds is 2. The highest BCUT2D eigenvalue weighted by atomic mass is 79.9. The highest BCUT2D eigenvalue weighted by Crippen LogP contribution is 2.28. The molecule has 1 aliphatic rings. The number of hydrogen-bond acceptors (Lipinski definition) is 2. The zero-order valence-corrected chi connectivity index (χ0v) is 10.9. The summed E-state index contributed by atoms with van der Waals surface area (Å²) in [6.45, 7) is 6.58. The van der Waals surface area contributed by atoms with Gasteiger partial charge in [0.2, 0.25) is 0 Å². The molecular weight excluding hydrogens is 254 g/mol. The summed E-state index contributed by atoms with van der Waals surface area (Å²) in [7, 11) is 0. The number of piperidine rings is 1. The summed E-state index contributed by atoms with van der Waals surface area (Å²) in [6, 6.07) is 0.514. The van der Waals surface area contributed by atoms with Gasteiger partial charge in [-0.05, 0) is 41.2 Å². The topological polar surface area (TPSA) is 29.9 Å². The lowest BCUT2D eigenvalue weighted by Crippen LogP contribution is -2.32. The first-order valence-electron chi connectivity index (χ1n) is 5.63. The zero-order chi connectivity index (χ0) is 10.8. The second-order valence-corrected chi connectivity index (χ2v) is 5.24. The van der Waals surface area contributed by atoms with Crippen molar-refractivity contribution in [3.05, 3.63) is 16.4 Å². The van der Waals surface area contributed by atoms with Crippen molar-refractivity contribution < 1.29 is 0 Å². The summed E-state index contributed by atoms with van der Waals surface area (Å²) in [5, 5.41) is 7.91. The lowest BCUT2D eigenvalue weighted by Gasteiger charge is -2.24. The number of halogens is 1. The Kier molecular flexibility index (Phi) is 3.46. The van der Waals surface area contributed by atoms with Crippen LogP contribution in [0.1, 0.15) is 44.2 Å². The van der Waals surface area contributed by atoms with E-state index in [2.05, 4.69) is 44.9 Å². The van der Waals surface area contributed by atoms with Gasteiger partial charge in [-0.25, -0.2) is 0 Å². The molecule has 1 saturated heterocycles. The molecule has 0 spiro atoms. The van der Waals surface area contributed by atoms with E-state index in [4.69, 9.17) is 0 Å². The SMILES string of the molecule is CC(C)c1cnn(C2CCCNC2)c1Br. The average Bonchev–Trinajstić information content (AvgIpc) is 2.61. The van der Waals surface area contributed by atoms with Crippen LogP contribution in [0.5, 0.6) is 0 Å². The van der Waals surface area contributed by atoms with E-state index in [1.807, 2.05) is 6.20 Å². The molecule has 1 aromatic rings. The van der Waals surface area contributed by atoms with E-state index < -0.39 is 0 Å². The predicted octanol–water partition coefficient (Wildman–Crippen LogP) is 2.69. The van der Waals surface area contributed by atoms with Gasteiger partial charge in [0.15, 0.2) is 0 Å². The van der Waals surface area contributed by atoms with Gasteiger partial charge in [-0.1, -0.05) is 13.8 Å². The van der Waals surface area contributed by atoms with Crippen LogP contribution in [0.25, 0.3) is 0 Å². The van der Waals surface area contributed by atoms with Crippen LogP contribution in [0.15, 0.2) is 10.8 Å². The fourth-order valence-electron chi connectivity index (χ4n) is 2.04. The Morgan fingerprint density at radius 1 is 1.60 bits per heavy atom. The number of aromatic nitrogens is 2. The van der Waals surface area contributed by atoms with E-state index in [1.54, 1.807) is 0 Å². The molecule has 1 aromatic heterocycles. The van der Waals surface area contributed by atoms with Crippen LogP contribution in [0.2, 0.25) is 0 Å². The number of nitrogens with one attached hydrogen (secondary N) is 1. The first-order chi connectivity index (χ1) is 7.20. The van der Waals surface area contributed by atoms with Crippen molar-refractivity contribution in [1.29, 1.82) is 0 Å². The minimum absolute atomic E-state index is 0.514. The van der Waals surface area contributed by atoms with E-state index in [0.717, 1.165) is 17.7 Å². The molecule has 1 N–H and O–H groups in total. The summed E-state index contributed by atoms with van der Waals surface area (Å²) in [5.74, 6) is 0.532. The molecule has 0 aliphatic carbocycles. The molecule has 0 saturated carbocycles. The molecule has 1 atom stereocenters. The maximum absolute atomic E-state index is 4.49. The largest absolute Gasteiger partial charge is 0.315 e. The van der Waals surface area contributed by atoms with E-state index in [1.165, 1.54) is 18.4 Å². The van der Waals surface area contributed by atoms with E-state index in [0.29, 0.717) is 12.0 Å². The van der Waals surface area contributed by atoms with Crippen molar-refractivity contribution in [2.45, 2.75) is 38.6 Å². The summed E-state index contributed by atoms with van der Waals surface area (Å²) in [4.78, 5) is 0. The molecule has 0 bridgehead atoms. The van der Waals surface area contributed by atoms with E-state index >= 15 is 0 Å². The van der Waals surface area contributed by atoms with Crippen molar-refractivity contribution >= 4 is 15.9 Å². The molecule has 2 rings (SSSR count). The molecule has 0 amide bonds. The highest BCUT2D eigenvalue weighted by molar-refractivity contribution is 9.10. The summed E-state index contributed by atoms with van der Waals surface area (Å²) in [6.07, 6.45) is 4.46. The zero-order valence-electron chi connectivity index (χ0n) is 9.33. The maximum atomic E-state index is 4.49. The minimum Gasteiger partial charge on any atom is -0.315 e. The Labute approximate surface area is 99.4 Å². The van der Waals surface area contributed by atoms with Gasteiger partial charge in [-0.15, -0.1) is 0 Å². The van der Waals surface area contributed by atoms with Gasteiger partial charge in [0.05, 0.1) is 12.2 Å². The van der Waals surface area contributed by atoms with Crippen LogP contribution in [-0.4, -0.2) is 22.9 Å². The maximum Gasteiger partial charge on any atom is 0.107 e. The number of hydrogen-bond donors (Lipinski definition) is 1. The Balaban J connectivity index is 2.20. The van der Waals surface area contributed by atoms with Gasteiger partial charge in [0.1, 0.15) is 4.60 Å². The summed E-state index contributed by atoms with van der Waals surface area (Å²) >= 11 is 3.66. The van der Waals surface area contributed by atoms with Crippen molar-refractivity contribution in [3.8, 4) is 0 Å². The Morgan fingerprint density at radius 3 is 2.93 bits per heavy atom. The second kappa shape index (κ2) is 4.66. The lowest BCUT2D eigenvalue weighted by molar-refractivity contribution is 0.342. The fraction of sp³-hybridized carbons (Fsp3) is 0.727. The van der Waals surface area contributed by atoms with Gasteiger partial charge < -0.3 is 5.32 Å². The summed E-state index contributed by atoms with van der Waals surface area (Å²) < 4.78 is 3.28. The highest BCUT2D eigenvalue weighted by Gasteiger charge is 2.20. The molecular formula is C11H18BrN3. The molecule has 1 unspecified atom stereocenters. The van der Waals surface area contributed by atoms with Gasteiger partial charge in [-0.3, -0.25) is 4.68 Å². The average molecular weight is 272 g/mol.